The third kappa shape index (κ3) is 1.61. The van der Waals surface area contributed by atoms with Gasteiger partial charge in [-0.3, -0.25) is 0 Å². The SMILES string of the molecule is Cc1nnc(NC2CC(Cl)C2(C)C)s1. The topological polar surface area (TPSA) is 37.8 Å². The Kier molecular flexibility index (Phi) is 2.43. The molecule has 0 aromatic carbocycles. The second-order valence-electron chi connectivity index (χ2n) is 4.35. The van der Waals surface area contributed by atoms with Gasteiger partial charge in [-0.05, 0) is 13.3 Å². The van der Waals surface area contributed by atoms with E-state index < -0.39 is 0 Å². The molecule has 2 atom stereocenters. The zero-order valence-electron chi connectivity index (χ0n) is 8.54. The van der Waals surface area contributed by atoms with Gasteiger partial charge < -0.3 is 5.32 Å². The highest BCUT2D eigenvalue weighted by molar-refractivity contribution is 7.15. The van der Waals surface area contributed by atoms with E-state index in [2.05, 4.69) is 29.4 Å². The molecule has 1 heterocycles. The third-order valence-corrected chi connectivity index (χ3v) is 4.48. The van der Waals surface area contributed by atoms with Crippen LogP contribution in [-0.4, -0.2) is 21.6 Å². The minimum atomic E-state index is 0.154. The summed E-state index contributed by atoms with van der Waals surface area (Å²) >= 11 is 7.73. The molecule has 3 nitrogen and oxygen atoms in total. The average Bonchev–Trinajstić information content (AvgIpc) is 2.51. The molecule has 14 heavy (non-hydrogen) atoms. The maximum absolute atomic E-state index is 6.13. The van der Waals surface area contributed by atoms with Gasteiger partial charge >= 0.3 is 0 Å². The van der Waals surface area contributed by atoms with Crippen LogP contribution < -0.4 is 5.32 Å². The van der Waals surface area contributed by atoms with Gasteiger partial charge in [0.25, 0.3) is 0 Å². The van der Waals surface area contributed by atoms with Crippen LogP contribution in [0.4, 0.5) is 5.13 Å². The van der Waals surface area contributed by atoms with Gasteiger partial charge in [0.1, 0.15) is 5.01 Å². The Balaban J connectivity index is 2.00. The molecule has 0 aliphatic heterocycles. The van der Waals surface area contributed by atoms with Gasteiger partial charge in [-0.2, -0.15) is 0 Å². The normalized spacial score (nSPS) is 29.7. The highest BCUT2D eigenvalue weighted by Gasteiger charge is 2.47. The van der Waals surface area contributed by atoms with Crippen LogP contribution in [0.25, 0.3) is 0 Å². The van der Waals surface area contributed by atoms with Crippen LogP contribution in [0, 0.1) is 12.3 Å². The summed E-state index contributed by atoms with van der Waals surface area (Å²) < 4.78 is 0. The number of hydrogen-bond donors (Lipinski definition) is 1. The molecular formula is C9H14ClN3S. The Morgan fingerprint density at radius 1 is 1.50 bits per heavy atom. The van der Waals surface area contributed by atoms with E-state index in [4.69, 9.17) is 11.6 Å². The fourth-order valence-corrected chi connectivity index (χ4v) is 2.60. The molecule has 0 amide bonds. The van der Waals surface area contributed by atoms with Gasteiger partial charge in [-0.25, -0.2) is 0 Å². The molecule has 0 saturated heterocycles. The summed E-state index contributed by atoms with van der Waals surface area (Å²) in [5.74, 6) is 0. The number of rotatable bonds is 2. The van der Waals surface area contributed by atoms with Crippen LogP contribution in [0.15, 0.2) is 0 Å². The van der Waals surface area contributed by atoms with Crippen LogP contribution in [0.2, 0.25) is 0 Å². The molecule has 1 saturated carbocycles. The van der Waals surface area contributed by atoms with Crippen molar-refractivity contribution in [1.82, 2.24) is 10.2 Å². The fraction of sp³-hybridized carbons (Fsp3) is 0.778. The monoisotopic (exact) mass is 231 g/mol. The number of nitrogens with one attached hydrogen (secondary N) is 1. The van der Waals surface area contributed by atoms with Crippen molar-refractivity contribution in [2.24, 2.45) is 5.41 Å². The quantitative estimate of drug-likeness (QED) is 0.796. The summed E-state index contributed by atoms with van der Waals surface area (Å²) in [6.07, 6.45) is 1.01. The molecule has 0 bridgehead atoms. The van der Waals surface area contributed by atoms with Crippen molar-refractivity contribution in [1.29, 1.82) is 0 Å². The molecule has 1 aliphatic rings. The Hall–Kier alpha value is -0.350. The molecule has 5 heteroatoms. The van der Waals surface area contributed by atoms with Crippen molar-refractivity contribution in [3.63, 3.8) is 0 Å². The Bertz CT molecular complexity index is 337. The largest absolute Gasteiger partial charge is 0.357 e. The Morgan fingerprint density at radius 2 is 2.21 bits per heavy atom. The minimum Gasteiger partial charge on any atom is -0.357 e. The Morgan fingerprint density at radius 3 is 2.64 bits per heavy atom. The van der Waals surface area contributed by atoms with E-state index in [1.807, 2.05) is 6.92 Å². The first-order valence-corrected chi connectivity index (χ1v) is 5.96. The second-order valence-corrected chi connectivity index (χ2v) is 6.06. The number of hydrogen-bond acceptors (Lipinski definition) is 4. The molecule has 1 aromatic heterocycles. The lowest BCUT2D eigenvalue weighted by atomic mass is 9.67. The molecule has 2 unspecified atom stereocenters. The number of halogens is 1. The van der Waals surface area contributed by atoms with Gasteiger partial charge in [0.05, 0.1) is 0 Å². The molecule has 1 aliphatic carbocycles. The number of alkyl halides is 1. The summed E-state index contributed by atoms with van der Waals surface area (Å²) in [6, 6.07) is 0.428. The number of aromatic nitrogens is 2. The first kappa shape index (κ1) is 10.2. The highest BCUT2D eigenvalue weighted by atomic mass is 35.5. The van der Waals surface area contributed by atoms with Crippen molar-refractivity contribution in [3.8, 4) is 0 Å². The van der Waals surface area contributed by atoms with E-state index in [9.17, 15) is 0 Å². The standard InChI is InChI=1S/C9H14ClN3S/c1-5-12-13-8(14-5)11-7-4-6(10)9(7,2)3/h6-7H,4H2,1-3H3,(H,11,13). The van der Waals surface area contributed by atoms with Crippen LogP contribution in [0.3, 0.4) is 0 Å². The van der Waals surface area contributed by atoms with Crippen molar-refractivity contribution < 1.29 is 0 Å². The average molecular weight is 232 g/mol. The molecule has 0 spiro atoms. The molecule has 1 N–H and O–H groups in total. The number of anilines is 1. The molecule has 1 fully saturated rings. The second kappa shape index (κ2) is 3.35. The van der Waals surface area contributed by atoms with Gasteiger partial charge in [0.15, 0.2) is 0 Å². The van der Waals surface area contributed by atoms with E-state index in [0.29, 0.717) is 6.04 Å². The van der Waals surface area contributed by atoms with Gasteiger partial charge in [-0.15, -0.1) is 21.8 Å². The minimum absolute atomic E-state index is 0.154. The predicted octanol–water partition coefficient (Wildman–Crippen LogP) is 2.66. The van der Waals surface area contributed by atoms with E-state index in [1.54, 1.807) is 11.3 Å². The third-order valence-electron chi connectivity index (χ3n) is 2.97. The summed E-state index contributed by atoms with van der Waals surface area (Å²) in [7, 11) is 0. The van der Waals surface area contributed by atoms with Crippen LogP contribution in [0.1, 0.15) is 25.3 Å². The van der Waals surface area contributed by atoms with Crippen LogP contribution in [0.5, 0.6) is 0 Å². The summed E-state index contributed by atoms with van der Waals surface area (Å²) in [5, 5.41) is 13.6. The summed E-state index contributed by atoms with van der Waals surface area (Å²) in [6.45, 7) is 6.32. The molecule has 1 aromatic rings. The number of nitrogens with zero attached hydrogens (tertiary/aromatic N) is 2. The van der Waals surface area contributed by atoms with E-state index in [0.717, 1.165) is 16.6 Å². The number of aryl methyl sites for hydroxylation is 1. The zero-order chi connectivity index (χ0) is 10.3. The zero-order valence-corrected chi connectivity index (χ0v) is 10.1. The van der Waals surface area contributed by atoms with Crippen molar-refractivity contribution in [2.45, 2.75) is 38.6 Å². The maximum atomic E-state index is 6.13. The van der Waals surface area contributed by atoms with Crippen LogP contribution >= 0.6 is 22.9 Å². The fourth-order valence-electron chi connectivity index (χ4n) is 1.62. The smallest absolute Gasteiger partial charge is 0.205 e. The first-order valence-electron chi connectivity index (χ1n) is 4.71. The maximum Gasteiger partial charge on any atom is 0.205 e. The van der Waals surface area contributed by atoms with E-state index >= 15 is 0 Å². The van der Waals surface area contributed by atoms with Crippen molar-refractivity contribution in [3.05, 3.63) is 5.01 Å². The van der Waals surface area contributed by atoms with Gasteiger partial charge in [0, 0.05) is 16.8 Å². The van der Waals surface area contributed by atoms with Crippen molar-refractivity contribution in [2.75, 3.05) is 5.32 Å². The van der Waals surface area contributed by atoms with E-state index in [1.165, 1.54) is 0 Å². The molecule has 2 rings (SSSR count). The lowest BCUT2D eigenvalue weighted by Crippen LogP contribution is -2.54. The van der Waals surface area contributed by atoms with Gasteiger partial charge in [0.2, 0.25) is 5.13 Å². The lowest BCUT2D eigenvalue weighted by Gasteiger charge is -2.49. The predicted molar refractivity (Wildman–Crippen MR) is 60.1 cm³/mol. The van der Waals surface area contributed by atoms with Crippen LogP contribution in [-0.2, 0) is 0 Å². The van der Waals surface area contributed by atoms with Crippen molar-refractivity contribution >= 4 is 28.1 Å². The molecular weight excluding hydrogens is 218 g/mol. The summed E-state index contributed by atoms with van der Waals surface area (Å²) in [5.41, 5.74) is 0.154. The Labute approximate surface area is 92.9 Å². The molecule has 0 radical (unpaired) electrons. The summed E-state index contributed by atoms with van der Waals surface area (Å²) in [4.78, 5) is 0. The first-order chi connectivity index (χ1) is 6.50. The van der Waals surface area contributed by atoms with Gasteiger partial charge in [-0.1, -0.05) is 25.2 Å². The van der Waals surface area contributed by atoms with E-state index in [-0.39, 0.29) is 10.8 Å². The molecule has 78 valence electrons. The lowest BCUT2D eigenvalue weighted by molar-refractivity contribution is 0.168. The highest BCUT2D eigenvalue weighted by Crippen LogP contribution is 2.45.